The number of fused-ring (bicyclic) bond motifs is 1. The Morgan fingerprint density at radius 1 is 1.31 bits per heavy atom. The van der Waals surface area contributed by atoms with Crippen molar-refractivity contribution in [1.82, 2.24) is 4.98 Å². The third-order valence-electron chi connectivity index (χ3n) is 2.78. The summed E-state index contributed by atoms with van der Waals surface area (Å²) in [6, 6.07) is 10.1. The fraction of sp³-hybridized carbons (Fsp3) is 0.286. The van der Waals surface area contributed by atoms with E-state index in [9.17, 15) is 4.79 Å². The second kappa shape index (κ2) is 4.44. The van der Waals surface area contributed by atoms with Gasteiger partial charge in [-0.2, -0.15) is 0 Å². The second-order valence-corrected chi connectivity index (χ2v) is 4.01. The molecule has 0 aliphatic heterocycles. The Morgan fingerprint density at radius 3 is 2.81 bits per heavy atom. The third-order valence-corrected chi connectivity index (χ3v) is 2.78. The van der Waals surface area contributed by atoms with Crippen molar-refractivity contribution in [2.45, 2.75) is 26.7 Å². The number of Topliss-reactive ketones (excluding diaryl/α,β-unsaturated/α-hetero) is 1. The van der Waals surface area contributed by atoms with Gasteiger partial charge in [-0.1, -0.05) is 25.1 Å². The van der Waals surface area contributed by atoms with Crippen LogP contribution < -0.4 is 0 Å². The summed E-state index contributed by atoms with van der Waals surface area (Å²) in [5.41, 5.74) is 2.97. The number of para-hydroxylation sites is 1. The van der Waals surface area contributed by atoms with Crippen LogP contribution in [0.1, 0.15) is 24.6 Å². The fourth-order valence-electron chi connectivity index (χ4n) is 1.75. The average Bonchev–Trinajstić information content (AvgIpc) is 2.30. The van der Waals surface area contributed by atoms with Crippen molar-refractivity contribution in [2.75, 3.05) is 0 Å². The lowest BCUT2D eigenvalue weighted by molar-refractivity contribution is -0.118. The van der Waals surface area contributed by atoms with Gasteiger partial charge in [0.2, 0.25) is 0 Å². The van der Waals surface area contributed by atoms with Crippen LogP contribution in [0.3, 0.4) is 0 Å². The lowest BCUT2D eigenvalue weighted by Gasteiger charge is -2.06. The van der Waals surface area contributed by atoms with Gasteiger partial charge >= 0.3 is 0 Å². The largest absolute Gasteiger partial charge is 0.299 e. The molecule has 2 heteroatoms. The summed E-state index contributed by atoms with van der Waals surface area (Å²) >= 11 is 0. The van der Waals surface area contributed by atoms with Gasteiger partial charge in [-0.15, -0.1) is 0 Å². The van der Waals surface area contributed by atoms with Crippen LogP contribution in [0, 0.1) is 6.92 Å². The van der Waals surface area contributed by atoms with Crippen molar-refractivity contribution in [3.05, 3.63) is 41.6 Å². The first-order valence-electron chi connectivity index (χ1n) is 5.57. The van der Waals surface area contributed by atoms with Crippen molar-refractivity contribution >= 4 is 16.7 Å². The monoisotopic (exact) mass is 213 g/mol. The van der Waals surface area contributed by atoms with Crippen LogP contribution in [0.2, 0.25) is 0 Å². The molecule has 1 aromatic carbocycles. The molecule has 82 valence electrons. The number of aromatic nitrogens is 1. The van der Waals surface area contributed by atoms with Crippen molar-refractivity contribution in [3.8, 4) is 0 Å². The molecule has 0 saturated carbocycles. The minimum absolute atomic E-state index is 0.242. The van der Waals surface area contributed by atoms with Crippen LogP contribution in [0.4, 0.5) is 0 Å². The lowest BCUT2D eigenvalue weighted by Crippen LogP contribution is -2.04. The molecule has 2 aromatic rings. The molecular weight excluding hydrogens is 198 g/mol. The first-order valence-corrected chi connectivity index (χ1v) is 5.57. The quantitative estimate of drug-likeness (QED) is 0.784. The normalized spacial score (nSPS) is 10.6. The Morgan fingerprint density at radius 2 is 2.06 bits per heavy atom. The highest BCUT2D eigenvalue weighted by Gasteiger charge is 2.07. The summed E-state index contributed by atoms with van der Waals surface area (Å²) in [6.45, 7) is 3.90. The van der Waals surface area contributed by atoms with Gasteiger partial charge < -0.3 is 0 Å². The summed E-state index contributed by atoms with van der Waals surface area (Å²) in [4.78, 5) is 16.0. The maximum Gasteiger partial charge on any atom is 0.138 e. The average molecular weight is 213 g/mol. The molecule has 0 aliphatic carbocycles. The number of benzene rings is 1. The van der Waals surface area contributed by atoms with Crippen LogP contribution in [-0.2, 0) is 11.2 Å². The van der Waals surface area contributed by atoms with E-state index in [0.29, 0.717) is 12.8 Å². The Hall–Kier alpha value is -1.70. The molecule has 0 fully saturated rings. The molecule has 1 aromatic heterocycles. The zero-order valence-corrected chi connectivity index (χ0v) is 9.66. The highest BCUT2D eigenvalue weighted by atomic mass is 16.1. The van der Waals surface area contributed by atoms with Crippen LogP contribution in [0.25, 0.3) is 10.9 Å². The van der Waals surface area contributed by atoms with Crippen LogP contribution in [0.5, 0.6) is 0 Å². The second-order valence-electron chi connectivity index (χ2n) is 4.01. The van der Waals surface area contributed by atoms with E-state index >= 15 is 0 Å². The molecule has 0 aliphatic rings. The zero-order valence-electron chi connectivity index (χ0n) is 9.66. The number of nitrogens with zero attached hydrogens (tertiary/aromatic N) is 1. The summed E-state index contributed by atoms with van der Waals surface area (Å²) in [6.07, 6.45) is 1.03. The molecule has 2 nitrogen and oxygen atoms in total. The highest BCUT2D eigenvalue weighted by molar-refractivity contribution is 5.83. The smallest absolute Gasteiger partial charge is 0.138 e. The van der Waals surface area contributed by atoms with Crippen molar-refractivity contribution in [3.63, 3.8) is 0 Å². The SMILES string of the molecule is CCC(=O)Cc1nc2ccccc2cc1C. The van der Waals surface area contributed by atoms with Gasteiger partial charge in [-0.25, -0.2) is 0 Å². The van der Waals surface area contributed by atoms with Gasteiger partial charge in [-0.05, 0) is 24.6 Å². The predicted octanol–water partition coefficient (Wildman–Crippen LogP) is 3.06. The van der Waals surface area contributed by atoms with E-state index in [1.54, 1.807) is 0 Å². The number of ketones is 1. The van der Waals surface area contributed by atoms with E-state index in [0.717, 1.165) is 22.2 Å². The van der Waals surface area contributed by atoms with Gasteiger partial charge in [0.15, 0.2) is 0 Å². The lowest BCUT2D eigenvalue weighted by atomic mass is 10.1. The number of hydrogen-bond acceptors (Lipinski definition) is 2. The molecule has 0 saturated heterocycles. The van der Waals surface area contributed by atoms with Crippen molar-refractivity contribution in [1.29, 1.82) is 0 Å². The van der Waals surface area contributed by atoms with E-state index in [1.807, 2.05) is 38.1 Å². The molecule has 0 bridgehead atoms. The molecule has 0 spiro atoms. The van der Waals surface area contributed by atoms with Crippen molar-refractivity contribution < 1.29 is 4.79 Å². The Labute approximate surface area is 95.3 Å². The Kier molecular flexibility index (Phi) is 3.00. The minimum atomic E-state index is 0.242. The maximum absolute atomic E-state index is 11.4. The fourth-order valence-corrected chi connectivity index (χ4v) is 1.75. The molecule has 0 atom stereocenters. The molecule has 1 heterocycles. The van der Waals surface area contributed by atoms with Crippen LogP contribution >= 0.6 is 0 Å². The van der Waals surface area contributed by atoms with Gasteiger partial charge in [0, 0.05) is 18.2 Å². The molecular formula is C14H15NO. The Balaban J connectivity index is 2.46. The van der Waals surface area contributed by atoms with Gasteiger partial charge in [0.25, 0.3) is 0 Å². The number of carbonyl (C=O) groups is 1. The predicted molar refractivity (Wildman–Crippen MR) is 65.5 cm³/mol. The van der Waals surface area contributed by atoms with E-state index in [2.05, 4.69) is 11.1 Å². The Bertz CT molecular complexity index is 531. The zero-order chi connectivity index (χ0) is 11.5. The number of hydrogen-bond donors (Lipinski definition) is 0. The maximum atomic E-state index is 11.4. The van der Waals surface area contributed by atoms with Gasteiger partial charge in [-0.3, -0.25) is 9.78 Å². The molecule has 16 heavy (non-hydrogen) atoms. The van der Waals surface area contributed by atoms with Crippen LogP contribution in [-0.4, -0.2) is 10.8 Å². The van der Waals surface area contributed by atoms with E-state index in [-0.39, 0.29) is 5.78 Å². The van der Waals surface area contributed by atoms with Gasteiger partial charge in [0.1, 0.15) is 5.78 Å². The topological polar surface area (TPSA) is 30.0 Å². The molecule has 0 N–H and O–H groups in total. The highest BCUT2D eigenvalue weighted by Crippen LogP contribution is 2.16. The summed E-state index contributed by atoms with van der Waals surface area (Å²) in [5, 5.41) is 1.13. The summed E-state index contributed by atoms with van der Waals surface area (Å²) < 4.78 is 0. The van der Waals surface area contributed by atoms with E-state index in [4.69, 9.17) is 0 Å². The molecule has 0 radical (unpaired) electrons. The first-order chi connectivity index (χ1) is 7.70. The minimum Gasteiger partial charge on any atom is -0.299 e. The number of rotatable bonds is 3. The number of pyridine rings is 1. The third kappa shape index (κ3) is 2.11. The molecule has 2 rings (SSSR count). The van der Waals surface area contributed by atoms with E-state index < -0.39 is 0 Å². The van der Waals surface area contributed by atoms with Gasteiger partial charge in [0.05, 0.1) is 11.2 Å². The number of aryl methyl sites for hydroxylation is 1. The summed E-state index contributed by atoms with van der Waals surface area (Å²) in [5.74, 6) is 0.242. The summed E-state index contributed by atoms with van der Waals surface area (Å²) in [7, 11) is 0. The van der Waals surface area contributed by atoms with Crippen molar-refractivity contribution in [2.24, 2.45) is 0 Å². The van der Waals surface area contributed by atoms with Crippen LogP contribution in [0.15, 0.2) is 30.3 Å². The van der Waals surface area contributed by atoms with E-state index in [1.165, 1.54) is 0 Å². The molecule has 0 amide bonds. The standard InChI is InChI=1S/C14H15NO/c1-3-12(16)9-14-10(2)8-11-6-4-5-7-13(11)15-14/h4-8H,3,9H2,1-2H3. The first kappa shape index (κ1) is 10.8. The molecule has 0 unspecified atom stereocenters. The number of carbonyl (C=O) groups excluding carboxylic acids is 1.